The van der Waals surface area contributed by atoms with E-state index in [1.54, 1.807) is 25.4 Å². The zero-order chi connectivity index (χ0) is 9.14. The molecule has 0 unspecified atom stereocenters. The van der Waals surface area contributed by atoms with Crippen LogP contribution in [0.15, 0.2) is 18.8 Å². The van der Waals surface area contributed by atoms with Gasteiger partial charge in [-0.05, 0) is 6.07 Å². The van der Waals surface area contributed by atoms with Crippen molar-refractivity contribution in [3.05, 3.63) is 29.4 Å². The van der Waals surface area contributed by atoms with E-state index in [1.807, 2.05) is 0 Å². The van der Waals surface area contributed by atoms with Gasteiger partial charge in [0.05, 0.1) is 5.02 Å². The Labute approximate surface area is 76.4 Å². The number of aromatic nitrogens is 1. The van der Waals surface area contributed by atoms with Gasteiger partial charge in [0.15, 0.2) is 5.82 Å². The first-order valence-electron chi connectivity index (χ1n) is 3.42. The van der Waals surface area contributed by atoms with E-state index in [0.29, 0.717) is 10.8 Å². The summed E-state index contributed by atoms with van der Waals surface area (Å²) in [5.41, 5.74) is 0.754. The summed E-state index contributed by atoms with van der Waals surface area (Å²) >= 11 is 5.88. The van der Waals surface area contributed by atoms with E-state index >= 15 is 0 Å². The summed E-state index contributed by atoms with van der Waals surface area (Å²) in [7, 11) is 1.70. The Morgan fingerprint density at radius 2 is 2.42 bits per heavy atom. The number of nitrogens with zero attached hydrogens (tertiary/aromatic N) is 2. The summed E-state index contributed by atoms with van der Waals surface area (Å²) in [6, 6.07) is 1.70. The molecule has 0 radical (unpaired) electrons. The Kier molecular flexibility index (Phi) is 2.68. The topological polar surface area (TPSA) is 42.2 Å². The van der Waals surface area contributed by atoms with Gasteiger partial charge in [0.1, 0.15) is 0 Å². The lowest BCUT2D eigenvalue weighted by atomic mass is 10.2. The molecule has 0 saturated carbocycles. The van der Waals surface area contributed by atoms with E-state index in [0.717, 1.165) is 5.56 Å². The minimum Gasteiger partial charge on any atom is -0.297 e. The van der Waals surface area contributed by atoms with E-state index in [4.69, 9.17) is 17.4 Å². The van der Waals surface area contributed by atoms with Gasteiger partial charge in [0.25, 0.3) is 0 Å². The third-order valence-corrected chi connectivity index (χ3v) is 1.78. The van der Waals surface area contributed by atoms with Crippen molar-refractivity contribution in [2.75, 3.05) is 12.1 Å². The van der Waals surface area contributed by atoms with Crippen molar-refractivity contribution >= 4 is 23.5 Å². The molecule has 1 heterocycles. The zero-order valence-corrected chi connectivity index (χ0v) is 7.54. The molecule has 64 valence electrons. The molecule has 0 atom stereocenters. The highest BCUT2D eigenvalue weighted by Crippen LogP contribution is 2.23. The van der Waals surface area contributed by atoms with Gasteiger partial charge in [0.2, 0.25) is 0 Å². The Hall–Kier alpha value is -1.06. The van der Waals surface area contributed by atoms with Gasteiger partial charge >= 0.3 is 0 Å². The van der Waals surface area contributed by atoms with Crippen molar-refractivity contribution < 1.29 is 0 Å². The SMILES string of the molecule is C=Cc1c(Cl)ccnc1N(C)N. The number of hydrogen-bond donors (Lipinski definition) is 1. The Balaban J connectivity index is 3.27. The molecule has 0 bridgehead atoms. The summed E-state index contributed by atoms with van der Waals surface area (Å²) in [6.07, 6.45) is 3.24. The molecule has 0 aliphatic rings. The van der Waals surface area contributed by atoms with Crippen molar-refractivity contribution in [2.24, 2.45) is 5.84 Å². The van der Waals surface area contributed by atoms with E-state index in [2.05, 4.69) is 11.6 Å². The number of hydrazine groups is 1. The Morgan fingerprint density at radius 1 is 1.75 bits per heavy atom. The maximum absolute atomic E-state index is 5.88. The molecule has 1 rings (SSSR count). The maximum atomic E-state index is 5.88. The van der Waals surface area contributed by atoms with E-state index in [9.17, 15) is 0 Å². The van der Waals surface area contributed by atoms with Crippen LogP contribution < -0.4 is 10.9 Å². The second kappa shape index (κ2) is 3.56. The molecule has 0 aliphatic carbocycles. The number of anilines is 1. The minimum atomic E-state index is 0.604. The number of halogens is 1. The normalized spacial score (nSPS) is 9.58. The summed E-state index contributed by atoms with van der Waals surface area (Å²) < 4.78 is 0. The van der Waals surface area contributed by atoms with Gasteiger partial charge < -0.3 is 0 Å². The molecule has 0 aromatic carbocycles. The van der Waals surface area contributed by atoms with Crippen molar-refractivity contribution in [3.63, 3.8) is 0 Å². The average molecular weight is 184 g/mol. The van der Waals surface area contributed by atoms with Crippen LogP contribution in [0.4, 0.5) is 5.82 Å². The van der Waals surface area contributed by atoms with Gasteiger partial charge in [-0.1, -0.05) is 24.3 Å². The molecule has 4 heteroatoms. The summed E-state index contributed by atoms with van der Waals surface area (Å²) in [4.78, 5) is 4.06. The molecular formula is C8H10ClN3. The zero-order valence-electron chi connectivity index (χ0n) is 6.79. The Bertz CT molecular complexity index is 296. The molecular weight excluding hydrogens is 174 g/mol. The van der Waals surface area contributed by atoms with E-state index in [-0.39, 0.29) is 0 Å². The fourth-order valence-corrected chi connectivity index (χ4v) is 1.13. The van der Waals surface area contributed by atoms with Crippen molar-refractivity contribution in [2.45, 2.75) is 0 Å². The van der Waals surface area contributed by atoms with Gasteiger partial charge in [-0.2, -0.15) is 0 Å². The molecule has 12 heavy (non-hydrogen) atoms. The van der Waals surface area contributed by atoms with Crippen LogP contribution in [0.5, 0.6) is 0 Å². The van der Waals surface area contributed by atoms with Crippen molar-refractivity contribution in [3.8, 4) is 0 Å². The van der Waals surface area contributed by atoms with Crippen LogP contribution in [-0.2, 0) is 0 Å². The highest BCUT2D eigenvalue weighted by molar-refractivity contribution is 6.32. The number of rotatable bonds is 2. The van der Waals surface area contributed by atoms with Crippen LogP contribution in [0, 0.1) is 0 Å². The van der Waals surface area contributed by atoms with E-state index in [1.165, 1.54) is 5.01 Å². The number of nitrogens with two attached hydrogens (primary N) is 1. The first-order valence-corrected chi connectivity index (χ1v) is 3.80. The lowest BCUT2D eigenvalue weighted by Gasteiger charge is -2.13. The molecule has 1 aromatic heterocycles. The molecule has 0 amide bonds. The summed E-state index contributed by atoms with van der Waals surface area (Å²) in [6.45, 7) is 3.63. The van der Waals surface area contributed by atoms with Crippen LogP contribution in [-0.4, -0.2) is 12.0 Å². The van der Waals surface area contributed by atoms with Crippen LogP contribution in [0.1, 0.15) is 5.56 Å². The highest BCUT2D eigenvalue weighted by atomic mass is 35.5. The standard InChI is InChI=1S/C8H10ClN3/c1-3-6-7(9)4-5-11-8(6)12(2)10/h3-5H,1,10H2,2H3. The predicted octanol–water partition coefficient (Wildman–Crippen LogP) is 1.69. The smallest absolute Gasteiger partial charge is 0.151 e. The van der Waals surface area contributed by atoms with Crippen LogP contribution in [0.2, 0.25) is 5.02 Å². The van der Waals surface area contributed by atoms with Gasteiger partial charge in [-0.15, -0.1) is 0 Å². The maximum Gasteiger partial charge on any atom is 0.151 e. The molecule has 0 fully saturated rings. The molecule has 2 N–H and O–H groups in total. The molecule has 0 aliphatic heterocycles. The average Bonchev–Trinajstić information content (AvgIpc) is 2.03. The monoisotopic (exact) mass is 183 g/mol. The van der Waals surface area contributed by atoms with Gasteiger partial charge in [-0.25, -0.2) is 10.8 Å². The number of hydrogen-bond acceptors (Lipinski definition) is 3. The van der Waals surface area contributed by atoms with Crippen LogP contribution in [0.3, 0.4) is 0 Å². The second-order valence-corrected chi connectivity index (χ2v) is 2.75. The fraction of sp³-hybridized carbons (Fsp3) is 0.125. The van der Waals surface area contributed by atoms with Gasteiger partial charge in [-0.3, -0.25) is 5.01 Å². The lowest BCUT2D eigenvalue weighted by Crippen LogP contribution is -2.26. The van der Waals surface area contributed by atoms with Crippen molar-refractivity contribution in [1.82, 2.24) is 4.98 Å². The molecule has 1 aromatic rings. The van der Waals surface area contributed by atoms with Gasteiger partial charge in [0, 0.05) is 18.8 Å². The van der Waals surface area contributed by atoms with Crippen LogP contribution >= 0.6 is 11.6 Å². The fourth-order valence-electron chi connectivity index (χ4n) is 0.909. The lowest BCUT2D eigenvalue weighted by molar-refractivity contribution is 0.974. The third kappa shape index (κ3) is 1.57. The largest absolute Gasteiger partial charge is 0.297 e. The van der Waals surface area contributed by atoms with Crippen LogP contribution in [0.25, 0.3) is 6.08 Å². The van der Waals surface area contributed by atoms with Crippen molar-refractivity contribution in [1.29, 1.82) is 0 Å². The first-order chi connectivity index (χ1) is 5.66. The highest BCUT2D eigenvalue weighted by Gasteiger charge is 2.06. The molecule has 3 nitrogen and oxygen atoms in total. The Morgan fingerprint density at radius 3 is 2.83 bits per heavy atom. The molecule has 0 saturated heterocycles. The third-order valence-electron chi connectivity index (χ3n) is 1.45. The summed E-state index contributed by atoms with van der Waals surface area (Å²) in [5.74, 6) is 6.15. The quantitative estimate of drug-likeness (QED) is 0.561. The minimum absolute atomic E-state index is 0.604. The molecule has 0 spiro atoms. The first kappa shape index (κ1) is 9.03. The number of pyridine rings is 1. The summed E-state index contributed by atoms with van der Waals surface area (Å²) in [5, 5.41) is 2.01. The second-order valence-electron chi connectivity index (χ2n) is 2.35. The van der Waals surface area contributed by atoms with E-state index < -0.39 is 0 Å². The predicted molar refractivity (Wildman–Crippen MR) is 51.9 cm³/mol.